The molecular weight excluding hydrogens is 454 g/mol. The molecule has 1 amide bonds. The van der Waals surface area contributed by atoms with Gasteiger partial charge in [0, 0.05) is 23.9 Å². The first kappa shape index (κ1) is 20.4. The van der Waals surface area contributed by atoms with E-state index in [1.54, 1.807) is 17.2 Å². The van der Waals surface area contributed by atoms with Crippen LogP contribution in [0.4, 0.5) is 0 Å². The van der Waals surface area contributed by atoms with E-state index in [0.717, 1.165) is 34.3 Å². The lowest BCUT2D eigenvalue weighted by atomic mass is 10.0. The molecule has 3 aromatic rings. The number of fused-ring (bicyclic) bond motifs is 2. The van der Waals surface area contributed by atoms with Crippen LogP contribution in [-0.4, -0.2) is 37.5 Å². The lowest BCUT2D eigenvalue weighted by Crippen LogP contribution is -2.51. The van der Waals surface area contributed by atoms with Crippen molar-refractivity contribution in [3.8, 4) is 0 Å². The number of imidazole rings is 1. The maximum Gasteiger partial charge on any atom is 0.356 e. The van der Waals surface area contributed by atoms with Crippen LogP contribution >= 0.6 is 23.5 Å². The highest BCUT2D eigenvalue weighted by atomic mass is 32.2. The molecule has 0 bridgehead atoms. The van der Waals surface area contributed by atoms with Gasteiger partial charge in [0.25, 0.3) is 5.91 Å². The fourth-order valence-corrected chi connectivity index (χ4v) is 6.23. The number of carbonyl (C=O) groups is 2. The Morgan fingerprint density at radius 3 is 2.45 bits per heavy atom. The molecular formula is C25H19N3O3S2. The third-order valence-corrected chi connectivity index (χ3v) is 7.85. The van der Waals surface area contributed by atoms with Gasteiger partial charge >= 0.3 is 5.97 Å². The first-order valence-corrected chi connectivity index (χ1v) is 12.5. The molecule has 1 unspecified atom stereocenters. The van der Waals surface area contributed by atoms with Gasteiger partial charge in [0.15, 0.2) is 11.3 Å². The fraction of sp³-hybridized carbons (Fsp3) is 0.160. The number of thioether (sulfide) groups is 2. The van der Waals surface area contributed by atoms with Gasteiger partial charge in [-0.25, -0.2) is 9.78 Å². The summed E-state index contributed by atoms with van der Waals surface area (Å²) in [5.74, 6) is 0.352. The first-order chi connectivity index (χ1) is 16.2. The number of aromatic nitrogens is 2. The van der Waals surface area contributed by atoms with Gasteiger partial charge in [0.2, 0.25) is 0 Å². The number of amides is 1. The van der Waals surface area contributed by atoms with Crippen molar-refractivity contribution in [3.05, 3.63) is 100 Å². The first-order valence-electron chi connectivity index (χ1n) is 10.6. The number of hydrogen-bond donors (Lipinski definition) is 0. The van der Waals surface area contributed by atoms with Crippen LogP contribution in [0.25, 0.3) is 6.08 Å². The van der Waals surface area contributed by atoms with Gasteiger partial charge in [0.1, 0.15) is 11.1 Å². The van der Waals surface area contributed by atoms with Crippen molar-refractivity contribution in [2.45, 2.75) is 23.2 Å². The summed E-state index contributed by atoms with van der Waals surface area (Å²) >= 11 is 3.16. The molecule has 1 fully saturated rings. The van der Waals surface area contributed by atoms with Crippen molar-refractivity contribution in [1.29, 1.82) is 0 Å². The van der Waals surface area contributed by atoms with Crippen LogP contribution in [0.1, 0.15) is 22.9 Å². The maximum absolute atomic E-state index is 13.2. The normalized spacial score (nSPS) is 20.0. The predicted octanol–water partition coefficient (Wildman–Crippen LogP) is 4.46. The summed E-state index contributed by atoms with van der Waals surface area (Å²) in [5.41, 5.74) is 3.47. The molecule has 1 saturated heterocycles. The highest BCUT2D eigenvalue weighted by molar-refractivity contribution is 8.03. The molecule has 6 rings (SSSR count). The highest BCUT2D eigenvalue weighted by Crippen LogP contribution is 2.46. The topological polar surface area (TPSA) is 64.4 Å². The summed E-state index contributed by atoms with van der Waals surface area (Å²) in [6, 6.07) is 19.2. The summed E-state index contributed by atoms with van der Waals surface area (Å²) in [7, 11) is 0. The van der Waals surface area contributed by atoms with E-state index in [-0.39, 0.29) is 17.0 Å². The van der Waals surface area contributed by atoms with E-state index in [2.05, 4.69) is 9.55 Å². The third-order valence-electron chi connectivity index (χ3n) is 5.80. The quantitative estimate of drug-likeness (QED) is 0.310. The molecule has 8 heteroatoms. The van der Waals surface area contributed by atoms with Crippen molar-refractivity contribution in [3.63, 3.8) is 0 Å². The van der Waals surface area contributed by atoms with Crippen LogP contribution in [0.2, 0.25) is 0 Å². The minimum absolute atomic E-state index is 0.176. The molecule has 6 nitrogen and oxygen atoms in total. The summed E-state index contributed by atoms with van der Waals surface area (Å²) in [6.07, 6.45) is 3.26. The van der Waals surface area contributed by atoms with Crippen molar-refractivity contribution in [2.24, 2.45) is 0 Å². The lowest BCUT2D eigenvalue weighted by molar-refractivity contribution is -0.148. The van der Waals surface area contributed by atoms with Gasteiger partial charge in [-0.15, -0.1) is 11.8 Å². The largest absolute Gasteiger partial charge is 0.448 e. The monoisotopic (exact) mass is 473 g/mol. The maximum atomic E-state index is 13.2. The Bertz CT molecular complexity index is 1240. The van der Waals surface area contributed by atoms with E-state index < -0.39 is 12.1 Å². The average molecular weight is 474 g/mol. The second-order valence-corrected chi connectivity index (χ2v) is 9.88. The highest BCUT2D eigenvalue weighted by Gasteiger charge is 2.50. The van der Waals surface area contributed by atoms with Crippen molar-refractivity contribution in [1.82, 2.24) is 14.5 Å². The van der Waals surface area contributed by atoms with E-state index in [1.165, 1.54) is 16.7 Å². The molecule has 164 valence electrons. The number of benzene rings is 2. The molecule has 1 aromatic heterocycles. The molecule has 3 aliphatic heterocycles. The van der Waals surface area contributed by atoms with Crippen LogP contribution in [0.15, 0.2) is 88.7 Å². The van der Waals surface area contributed by atoms with E-state index >= 15 is 0 Å². The van der Waals surface area contributed by atoms with E-state index in [1.807, 2.05) is 72.9 Å². The van der Waals surface area contributed by atoms with Crippen LogP contribution in [0.3, 0.4) is 0 Å². The molecule has 0 aliphatic carbocycles. The van der Waals surface area contributed by atoms with E-state index in [4.69, 9.17) is 4.74 Å². The SMILES string of the molecule is O=C(OC(c1ccccc1)c1ccccc1)C1=CSC2/C(=C\c3cn4c(n3)SCC4)C(=O)N12. The zero-order valence-electron chi connectivity index (χ0n) is 17.5. The van der Waals surface area contributed by atoms with Crippen LogP contribution < -0.4 is 0 Å². The second-order valence-electron chi connectivity index (χ2n) is 7.86. The van der Waals surface area contributed by atoms with E-state index in [0.29, 0.717) is 5.57 Å². The number of hydrogen-bond acceptors (Lipinski definition) is 6. The standard InChI is InChI=1S/C25H19N3O3S2/c29-22-19(13-18-14-27-11-12-32-25(27)26-18)23-28(22)20(15-33-23)24(30)31-21(16-7-3-1-4-8-16)17-9-5-2-6-10-17/h1-10,13-15,21,23H,11-12H2/b19-13-. The molecule has 33 heavy (non-hydrogen) atoms. The fourth-order valence-electron chi connectivity index (χ4n) is 4.17. The molecule has 0 N–H and O–H groups in total. The molecule has 0 spiro atoms. The molecule has 4 heterocycles. The number of β-lactam (4-membered cyclic amide) rings is 1. The molecule has 1 atom stereocenters. The van der Waals surface area contributed by atoms with Crippen LogP contribution in [-0.2, 0) is 20.9 Å². The number of rotatable bonds is 5. The number of aryl methyl sites for hydroxylation is 1. The van der Waals surface area contributed by atoms with Gasteiger partial charge in [-0.05, 0) is 17.2 Å². The van der Waals surface area contributed by atoms with Gasteiger partial charge in [-0.2, -0.15) is 0 Å². The lowest BCUT2D eigenvalue weighted by Gasteiger charge is -2.37. The summed E-state index contributed by atoms with van der Waals surface area (Å²) in [5, 5.41) is 2.50. The molecule has 0 radical (unpaired) electrons. The van der Waals surface area contributed by atoms with Crippen molar-refractivity contribution < 1.29 is 14.3 Å². The molecule has 0 saturated carbocycles. The number of esters is 1. The number of ether oxygens (including phenoxy) is 1. The van der Waals surface area contributed by atoms with Gasteiger partial charge < -0.3 is 9.30 Å². The van der Waals surface area contributed by atoms with Gasteiger partial charge in [0.05, 0.1) is 11.3 Å². The Hall–Kier alpha value is -3.23. The van der Waals surface area contributed by atoms with Crippen molar-refractivity contribution in [2.75, 3.05) is 5.75 Å². The predicted molar refractivity (Wildman–Crippen MR) is 128 cm³/mol. The molecule has 3 aliphatic rings. The zero-order chi connectivity index (χ0) is 22.4. The Balaban J connectivity index is 1.21. The van der Waals surface area contributed by atoms with Crippen LogP contribution in [0.5, 0.6) is 0 Å². The number of nitrogens with zero attached hydrogens (tertiary/aromatic N) is 3. The molecule has 2 aromatic carbocycles. The summed E-state index contributed by atoms with van der Waals surface area (Å²) in [6.45, 7) is 0.940. The Morgan fingerprint density at radius 2 is 1.79 bits per heavy atom. The van der Waals surface area contributed by atoms with Crippen LogP contribution in [0, 0.1) is 0 Å². The van der Waals surface area contributed by atoms with Gasteiger partial charge in [-0.1, -0.05) is 72.4 Å². The third kappa shape index (κ3) is 3.59. The van der Waals surface area contributed by atoms with E-state index in [9.17, 15) is 9.59 Å². The smallest absolute Gasteiger partial charge is 0.356 e. The Morgan fingerprint density at radius 1 is 1.09 bits per heavy atom. The number of carbonyl (C=O) groups excluding carboxylic acids is 2. The second kappa shape index (κ2) is 8.28. The zero-order valence-corrected chi connectivity index (χ0v) is 19.1. The Kier molecular flexibility index (Phi) is 5.11. The van der Waals surface area contributed by atoms with Gasteiger partial charge in [-0.3, -0.25) is 9.69 Å². The minimum atomic E-state index is -0.554. The van der Waals surface area contributed by atoms with Crippen molar-refractivity contribution >= 4 is 41.5 Å². The summed E-state index contributed by atoms with van der Waals surface area (Å²) in [4.78, 5) is 32.2. The minimum Gasteiger partial charge on any atom is -0.448 e. The summed E-state index contributed by atoms with van der Waals surface area (Å²) < 4.78 is 8.06. The Labute approximate surface area is 199 Å². The average Bonchev–Trinajstić information content (AvgIpc) is 3.55.